The van der Waals surface area contributed by atoms with Gasteiger partial charge < -0.3 is 9.79 Å². The van der Waals surface area contributed by atoms with Crippen LogP contribution in [0, 0.1) is 0 Å². The molecule has 1 heterocycles. The maximum absolute atomic E-state index is 12.7. The Kier molecular flexibility index (Phi) is 3.67. The Balaban J connectivity index is 2.03. The molecule has 25 heavy (non-hydrogen) atoms. The van der Waals surface area contributed by atoms with E-state index in [1.54, 1.807) is 24.3 Å². The van der Waals surface area contributed by atoms with E-state index in [1.165, 1.54) is 0 Å². The van der Waals surface area contributed by atoms with Crippen LogP contribution in [0.25, 0.3) is 0 Å². The van der Waals surface area contributed by atoms with Crippen LogP contribution in [0.5, 0.6) is 0 Å². The van der Waals surface area contributed by atoms with E-state index in [0.717, 1.165) is 11.1 Å². The Morgan fingerprint density at radius 1 is 0.640 bits per heavy atom. The molecule has 0 spiro atoms. The lowest BCUT2D eigenvalue weighted by molar-refractivity contribution is 0.348. The van der Waals surface area contributed by atoms with Gasteiger partial charge in [0.05, 0.1) is 0 Å². The summed E-state index contributed by atoms with van der Waals surface area (Å²) in [7, 11) is -4.54. The standard InChI is InChI=1S/C20H18NO3P/c22-25(23,24)20(18-14-8-3-9-15-18)19(21-20,16-10-4-1-5-11-16)17-12-6-2-7-13-17/h1-15,21H,(H2,22,23,24)/t20-/m1/s1. The molecule has 126 valence electrons. The Hall–Kier alpha value is -2.23. The predicted octanol–water partition coefficient (Wildman–Crippen LogP) is 3.56. The van der Waals surface area contributed by atoms with Gasteiger partial charge in [-0.2, -0.15) is 0 Å². The van der Waals surface area contributed by atoms with Crippen molar-refractivity contribution in [1.29, 1.82) is 0 Å². The van der Waals surface area contributed by atoms with E-state index >= 15 is 0 Å². The Bertz CT molecular complexity index is 885. The highest BCUT2D eigenvalue weighted by Gasteiger charge is 2.78. The molecule has 1 saturated heterocycles. The van der Waals surface area contributed by atoms with Crippen LogP contribution in [-0.2, 0) is 15.4 Å². The van der Waals surface area contributed by atoms with Crippen LogP contribution in [0.1, 0.15) is 16.7 Å². The molecule has 0 saturated carbocycles. The van der Waals surface area contributed by atoms with Gasteiger partial charge in [0.25, 0.3) is 0 Å². The quantitative estimate of drug-likeness (QED) is 0.496. The van der Waals surface area contributed by atoms with Gasteiger partial charge in [-0.25, -0.2) is 0 Å². The summed E-state index contributed by atoms with van der Waals surface area (Å²) in [5, 5.41) is 1.74. The average Bonchev–Trinajstić information content (AvgIpc) is 3.37. The third-order valence-electron chi connectivity index (χ3n) is 4.89. The van der Waals surface area contributed by atoms with Gasteiger partial charge in [0.15, 0.2) is 5.28 Å². The van der Waals surface area contributed by atoms with Crippen LogP contribution in [0.3, 0.4) is 0 Å². The molecule has 3 aromatic rings. The van der Waals surface area contributed by atoms with Gasteiger partial charge in [-0.05, 0) is 16.7 Å². The molecule has 5 heteroatoms. The van der Waals surface area contributed by atoms with E-state index < -0.39 is 18.4 Å². The summed E-state index contributed by atoms with van der Waals surface area (Å²) in [5.41, 5.74) is 1.26. The van der Waals surface area contributed by atoms with Gasteiger partial charge in [-0.3, -0.25) is 9.88 Å². The summed E-state index contributed by atoms with van der Waals surface area (Å²) in [6.45, 7) is 0. The first-order chi connectivity index (χ1) is 12.0. The topological polar surface area (TPSA) is 79.5 Å². The molecule has 0 aromatic heterocycles. The van der Waals surface area contributed by atoms with Crippen molar-refractivity contribution in [2.45, 2.75) is 10.8 Å². The zero-order valence-electron chi connectivity index (χ0n) is 13.4. The van der Waals surface area contributed by atoms with Crippen LogP contribution >= 0.6 is 7.60 Å². The summed E-state index contributed by atoms with van der Waals surface area (Å²) in [6, 6.07) is 27.9. The van der Waals surface area contributed by atoms with Crippen molar-refractivity contribution in [3.63, 3.8) is 0 Å². The molecular weight excluding hydrogens is 333 g/mol. The minimum atomic E-state index is -4.54. The summed E-state index contributed by atoms with van der Waals surface area (Å²) >= 11 is 0. The molecule has 4 rings (SSSR count). The summed E-state index contributed by atoms with van der Waals surface area (Å²) in [6.07, 6.45) is 0. The van der Waals surface area contributed by atoms with Gasteiger partial charge >= 0.3 is 7.60 Å². The summed E-state index contributed by atoms with van der Waals surface area (Å²) in [4.78, 5) is 20.7. The van der Waals surface area contributed by atoms with E-state index in [2.05, 4.69) is 5.32 Å². The van der Waals surface area contributed by atoms with E-state index in [9.17, 15) is 14.4 Å². The van der Waals surface area contributed by atoms with Crippen molar-refractivity contribution in [2.24, 2.45) is 0 Å². The van der Waals surface area contributed by atoms with E-state index in [4.69, 9.17) is 0 Å². The first kappa shape index (κ1) is 16.2. The fraction of sp³-hybridized carbons (Fsp3) is 0.100. The maximum atomic E-state index is 12.7. The lowest BCUT2D eigenvalue weighted by Gasteiger charge is -2.25. The van der Waals surface area contributed by atoms with Crippen LogP contribution in [0.2, 0.25) is 0 Å². The van der Waals surface area contributed by atoms with Gasteiger partial charge in [0.2, 0.25) is 0 Å². The summed E-state index contributed by atoms with van der Waals surface area (Å²) in [5.74, 6) is 0. The van der Waals surface area contributed by atoms with Crippen molar-refractivity contribution >= 4 is 7.60 Å². The van der Waals surface area contributed by atoms with Crippen molar-refractivity contribution in [2.75, 3.05) is 0 Å². The number of hydrogen-bond donors (Lipinski definition) is 3. The molecule has 1 aliphatic heterocycles. The minimum absolute atomic E-state index is 0.580. The first-order valence-electron chi connectivity index (χ1n) is 8.04. The molecule has 3 N–H and O–H groups in total. The highest BCUT2D eigenvalue weighted by molar-refractivity contribution is 7.53. The fourth-order valence-corrected chi connectivity index (χ4v) is 5.27. The van der Waals surface area contributed by atoms with Crippen LogP contribution in [-0.4, -0.2) is 9.79 Å². The molecule has 0 radical (unpaired) electrons. The Morgan fingerprint density at radius 3 is 1.36 bits per heavy atom. The zero-order chi connectivity index (χ0) is 17.5. The zero-order valence-corrected chi connectivity index (χ0v) is 14.3. The molecular formula is C20H18NO3P. The van der Waals surface area contributed by atoms with Crippen molar-refractivity contribution in [3.8, 4) is 0 Å². The SMILES string of the molecule is O=P(O)(O)[C@@]1(c2ccccc2)NC1(c1ccccc1)c1ccccc1. The fourth-order valence-electron chi connectivity index (χ4n) is 3.77. The summed E-state index contributed by atoms with van der Waals surface area (Å²) < 4.78 is 12.7. The van der Waals surface area contributed by atoms with Gasteiger partial charge in [-0.1, -0.05) is 91.0 Å². The highest BCUT2D eigenvalue weighted by Crippen LogP contribution is 2.74. The number of benzene rings is 3. The largest absolute Gasteiger partial charge is 0.352 e. The van der Waals surface area contributed by atoms with Crippen molar-refractivity contribution < 1.29 is 14.4 Å². The third kappa shape index (κ3) is 2.23. The third-order valence-corrected chi connectivity index (χ3v) is 6.47. The molecule has 1 fully saturated rings. The van der Waals surface area contributed by atoms with Gasteiger partial charge in [-0.15, -0.1) is 0 Å². The maximum Gasteiger partial charge on any atom is 0.352 e. The minimum Gasteiger partial charge on any atom is -0.323 e. The van der Waals surface area contributed by atoms with Crippen molar-refractivity contribution in [3.05, 3.63) is 108 Å². The van der Waals surface area contributed by atoms with E-state index in [0.29, 0.717) is 5.56 Å². The molecule has 1 atom stereocenters. The number of hydrogen-bond acceptors (Lipinski definition) is 2. The van der Waals surface area contributed by atoms with Crippen LogP contribution < -0.4 is 5.32 Å². The second-order valence-electron chi connectivity index (χ2n) is 6.23. The second kappa shape index (κ2) is 5.65. The van der Waals surface area contributed by atoms with Gasteiger partial charge in [0.1, 0.15) is 5.54 Å². The van der Waals surface area contributed by atoms with E-state index in [-0.39, 0.29) is 0 Å². The van der Waals surface area contributed by atoms with Crippen LogP contribution in [0.15, 0.2) is 91.0 Å². The molecule has 3 aromatic carbocycles. The predicted molar refractivity (Wildman–Crippen MR) is 97.0 cm³/mol. The molecule has 0 unspecified atom stereocenters. The van der Waals surface area contributed by atoms with Crippen molar-refractivity contribution in [1.82, 2.24) is 5.32 Å². The highest BCUT2D eigenvalue weighted by atomic mass is 31.2. The first-order valence-corrected chi connectivity index (χ1v) is 9.65. The Labute approximate surface area is 146 Å². The normalized spacial score (nSPS) is 21.7. The molecule has 1 aliphatic rings. The van der Waals surface area contributed by atoms with Crippen LogP contribution in [0.4, 0.5) is 0 Å². The second-order valence-corrected chi connectivity index (χ2v) is 7.99. The monoisotopic (exact) mass is 351 g/mol. The molecule has 0 amide bonds. The lowest BCUT2D eigenvalue weighted by Crippen LogP contribution is -2.24. The number of nitrogens with one attached hydrogen (secondary N) is 1. The average molecular weight is 351 g/mol. The molecule has 4 nitrogen and oxygen atoms in total. The van der Waals surface area contributed by atoms with Gasteiger partial charge in [0, 0.05) is 0 Å². The lowest BCUT2D eigenvalue weighted by atomic mass is 9.85. The Morgan fingerprint density at radius 2 is 1.00 bits per heavy atom. The smallest absolute Gasteiger partial charge is 0.323 e. The van der Waals surface area contributed by atoms with E-state index in [1.807, 2.05) is 66.7 Å². The number of rotatable bonds is 4. The molecule has 0 bridgehead atoms. The molecule has 0 aliphatic carbocycles.